The SMILES string of the molecule is O=C(O)[C@@H]1CC(O)CN1C(=O)NCCc1cnc[nH]1. The van der Waals surface area contributed by atoms with Gasteiger partial charge >= 0.3 is 12.0 Å². The topological polar surface area (TPSA) is 119 Å². The Kier molecular flexibility index (Phi) is 4.00. The fourth-order valence-electron chi connectivity index (χ4n) is 2.10. The summed E-state index contributed by atoms with van der Waals surface area (Å²) in [5.41, 5.74) is 0.886. The van der Waals surface area contributed by atoms with Crippen LogP contribution < -0.4 is 5.32 Å². The first-order valence-electron chi connectivity index (χ1n) is 6.00. The highest BCUT2D eigenvalue weighted by atomic mass is 16.4. The molecular formula is C11H16N4O4. The molecule has 2 amide bonds. The molecule has 1 aromatic heterocycles. The number of aliphatic hydroxyl groups is 1. The van der Waals surface area contributed by atoms with Gasteiger partial charge in [0.2, 0.25) is 0 Å². The number of aromatic amines is 1. The zero-order chi connectivity index (χ0) is 13.8. The normalized spacial score (nSPS) is 22.5. The summed E-state index contributed by atoms with van der Waals surface area (Å²) in [5, 5.41) is 21.1. The summed E-state index contributed by atoms with van der Waals surface area (Å²) in [6, 6.07) is -1.43. The van der Waals surface area contributed by atoms with E-state index in [1.165, 1.54) is 0 Å². The molecule has 1 saturated heterocycles. The number of H-pyrrole nitrogens is 1. The van der Waals surface area contributed by atoms with Crippen molar-refractivity contribution in [1.82, 2.24) is 20.2 Å². The van der Waals surface area contributed by atoms with E-state index in [1.54, 1.807) is 12.5 Å². The Balaban J connectivity index is 1.83. The highest BCUT2D eigenvalue weighted by molar-refractivity contribution is 5.83. The van der Waals surface area contributed by atoms with Crippen molar-refractivity contribution in [2.24, 2.45) is 0 Å². The highest BCUT2D eigenvalue weighted by Gasteiger charge is 2.38. The maximum absolute atomic E-state index is 11.8. The van der Waals surface area contributed by atoms with Crippen LogP contribution in [-0.4, -0.2) is 62.3 Å². The number of carbonyl (C=O) groups excluding carboxylic acids is 1. The molecule has 0 bridgehead atoms. The predicted molar refractivity (Wildman–Crippen MR) is 64.4 cm³/mol. The van der Waals surface area contributed by atoms with Gasteiger partial charge in [-0.1, -0.05) is 0 Å². The van der Waals surface area contributed by atoms with Gasteiger partial charge < -0.3 is 25.4 Å². The van der Waals surface area contributed by atoms with Crippen LogP contribution in [0.5, 0.6) is 0 Å². The molecular weight excluding hydrogens is 252 g/mol. The van der Waals surface area contributed by atoms with E-state index in [4.69, 9.17) is 5.11 Å². The maximum Gasteiger partial charge on any atom is 0.326 e. The molecule has 8 nitrogen and oxygen atoms in total. The van der Waals surface area contributed by atoms with Gasteiger partial charge in [0.15, 0.2) is 0 Å². The largest absolute Gasteiger partial charge is 0.480 e. The van der Waals surface area contributed by atoms with Gasteiger partial charge in [-0.25, -0.2) is 14.6 Å². The molecule has 1 aromatic rings. The summed E-state index contributed by atoms with van der Waals surface area (Å²) in [7, 11) is 0. The zero-order valence-electron chi connectivity index (χ0n) is 10.2. The number of rotatable bonds is 4. The van der Waals surface area contributed by atoms with E-state index in [2.05, 4.69) is 15.3 Å². The van der Waals surface area contributed by atoms with Crippen molar-refractivity contribution >= 4 is 12.0 Å². The lowest BCUT2D eigenvalue weighted by Gasteiger charge is -2.21. The maximum atomic E-state index is 11.8. The molecule has 2 atom stereocenters. The Bertz CT molecular complexity index is 448. The standard InChI is InChI=1S/C11H16N4O4/c16-8-3-9(10(17)18)15(5-8)11(19)13-2-1-7-4-12-6-14-7/h4,6,8-9,16H,1-3,5H2,(H,12,14)(H,13,19)(H,17,18)/t8?,9-/m0/s1. The molecule has 104 valence electrons. The van der Waals surface area contributed by atoms with Gasteiger partial charge in [0.05, 0.1) is 12.4 Å². The molecule has 19 heavy (non-hydrogen) atoms. The Labute approximate surface area is 109 Å². The number of urea groups is 1. The van der Waals surface area contributed by atoms with Gasteiger partial charge in [0, 0.05) is 37.8 Å². The first kappa shape index (κ1) is 13.3. The molecule has 1 aliphatic heterocycles. The van der Waals surface area contributed by atoms with Crippen molar-refractivity contribution in [3.8, 4) is 0 Å². The van der Waals surface area contributed by atoms with Crippen molar-refractivity contribution in [2.45, 2.75) is 25.0 Å². The van der Waals surface area contributed by atoms with Crippen molar-refractivity contribution < 1.29 is 19.8 Å². The van der Waals surface area contributed by atoms with E-state index in [9.17, 15) is 14.7 Å². The van der Waals surface area contributed by atoms with Gasteiger partial charge in [-0.2, -0.15) is 0 Å². The fourth-order valence-corrected chi connectivity index (χ4v) is 2.10. The lowest BCUT2D eigenvalue weighted by molar-refractivity contribution is -0.141. The summed E-state index contributed by atoms with van der Waals surface area (Å²) in [4.78, 5) is 30.7. The number of nitrogens with zero attached hydrogens (tertiary/aromatic N) is 2. The minimum atomic E-state index is -1.10. The van der Waals surface area contributed by atoms with Crippen LogP contribution in [0.25, 0.3) is 0 Å². The number of hydrogen-bond acceptors (Lipinski definition) is 4. The number of nitrogens with one attached hydrogen (secondary N) is 2. The number of carboxylic acids is 1. The first-order chi connectivity index (χ1) is 9.08. The summed E-state index contributed by atoms with van der Waals surface area (Å²) >= 11 is 0. The number of imidazole rings is 1. The second-order valence-electron chi connectivity index (χ2n) is 4.45. The predicted octanol–water partition coefficient (Wildman–Crippen LogP) is -0.818. The number of hydrogen-bond donors (Lipinski definition) is 4. The van der Waals surface area contributed by atoms with Gasteiger partial charge in [-0.05, 0) is 0 Å². The molecule has 0 radical (unpaired) electrons. The summed E-state index contributed by atoms with van der Waals surface area (Å²) in [6.45, 7) is 0.423. The van der Waals surface area contributed by atoms with Crippen LogP contribution in [0.3, 0.4) is 0 Å². The second-order valence-corrected chi connectivity index (χ2v) is 4.45. The monoisotopic (exact) mass is 268 g/mol. The zero-order valence-corrected chi connectivity index (χ0v) is 10.2. The second kappa shape index (κ2) is 5.70. The van der Waals surface area contributed by atoms with Crippen molar-refractivity contribution in [3.63, 3.8) is 0 Å². The fraction of sp³-hybridized carbons (Fsp3) is 0.545. The Morgan fingerprint density at radius 1 is 1.58 bits per heavy atom. The summed E-state index contributed by atoms with van der Waals surface area (Å²) < 4.78 is 0. The number of aromatic nitrogens is 2. The highest BCUT2D eigenvalue weighted by Crippen LogP contribution is 2.17. The van der Waals surface area contributed by atoms with E-state index in [0.29, 0.717) is 13.0 Å². The first-order valence-corrected chi connectivity index (χ1v) is 6.00. The molecule has 4 N–H and O–H groups in total. The summed E-state index contributed by atoms with van der Waals surface area (Å²) in [6.07, 6.45) is 3.09. The number of β-amino-alcohol motifs (C(OH)–C–C–N with tert-alkyl or cyclic N) is 1. The average molecular weight is 268 g/mol. The molecule has 0 aromatic carbocycles. The van der Waals surface area contributed by atoms with E-state index >= 15 is 0 Å². The molecule has 0 aliphatic carbocycles. The number of carbonyl (C=O) groups is 2. The molecule has 2 rings (SSSR count). The molecule has 8 heteroatoms. The third kappa shape index (κ3) is 3.22. The molecule has 1 unspecified atom stereocenters. The van der Waals surface area contributed by atoms with Gasteiger partial charge in [-0.3, -0.25) is 0 Å². The van der Waals surface area contributed by atoms with Gasteiger partial charge in [-0.15, -0.1) is 0 Å². The number of likely N-dealkylation sites (tertiary alicyclic amines) is 1. The number of carboxylic acid groups (broad SMARTS) is 1. The minimum absolute atomic E-state index is 0.0485. The van der Waals surface area contributed by atoms with Crippen molar-refractivity contribution in [3.05, 3.63) is 18.2 Å². The van der Waals surface area contributed by atoms with Gasteiger partial charge in [0.1, 0.15) is 6.04 Å². The Morgan fingerprint density at radius 3 is 3.00 bits per heavy atom. The Morgan fingerprint density at radius 2 is 2.37 bits per heavy atom. The van der Waals surface area contributed by atoms with Gasteiger partial charge in [0.25, 0.3) is 0 Å². The minimum Gasteiger partial charge on any atom is -0.480 e. The number of aliphatic carboxylic acids is 1. The molecule has 1 fully saturated rings. The third-order valence-corrected chi connectivity index (χ3v) is 3.05. The molecule has 0 spiro atoms. The number of aliphatic hydroxyl groups excluding tert-OH is 1. The Hall–Kier alpha value is -2.09. The van der Waals surface area contributed by atoms with Crippen molar-refractivity contribution in [1.29, 1.82) is 0 Å². The van der Waals surface area contributed by atoms with Crippen LogP contribution in [-0.2, 0) is 11.2 Å². The van der Waals surface area contributed by atoms with Crippen LogP contribution in [0.4, 0.5) is 4.79 Å². The van der Waals surface area contributed by atoms with E-state index in [0.717, 1.165) is 10.6 Å². The van der Waals surface area contributed by atoms with Crippen LogP contribution in [0.15, 0.2) is 12.5 Å². The van der Waals surface area contributed by atoms with Crippen LogP contribution >= 0.6 is 0 Å². The van der Waals surface area contributed by atoms with Crippen LogP contribution in [0.2, 0.25) is 0 Å². The molecule has 2 heterocycles. The lowest BCUT2D eigenvalue weighted by atomic mass is 10.2. The molecule has 0 saturated carbocycles. The van der Waals surface area contributed by atoms with E-state index < -0.39 is 24.1 Å². The summed E-state index contributed by atoms with van der Waals surface area (Å²) in [5.74, 6) is -1.10. The van der Waals surface area contributed by atoms with Crippen LogP contribution in [0.1, 0.15) is 12.1 Å². The van der Waals surface area contributed by atoms with E-state index in [-0.39, 0.29) is 13.0 Å². The lowest BCUT2D eigenvalue weighted by Crippen LogP contribution is -2.46. The van der Waals surface area contributed by atoms with Crippen molar-refractivity contribution in [2.75, 3.05) is 13.1 Å². The average Bonchev–Trinajstić information content (AvgIpc) is 2.98. The van der Waals surface area contributed by atoms with E-state index in [1.807, 2.05) is 0 Å². The third-order valence-electron chi connectivity index (χ3n) is 3.05. The smallest absolute Gasteiger partial charge is 0.326 e. The molecule has 1 aliphatic rings. The number of amides is 2. The quantitative estimate of drug-likeness (QED) is 0.569. The van der Waals surface area contributed by atoms with Crippen LogP contribution in [0, 0.1) is 0 Å².